The van der Waals surface area contributed by atoms with Crippen LogP contribution in [0.25, 0.3) is 0 Å². The molecule has 0 spiro atoms. The Morgan fingerprint density at radius 1 is 1.37 bits per heavy atom. The molecule has 0 radical (unpaired) electrons. The summed E-state index contributed by atoms with van der Waals surface area (Å²) in [6.07, 6.45) is 2.74. The summed E-state index contributed by atoms with van der Waals surface area (Å²) in [4.78, 5) is 0.138. The minimum absolute atomic E-state index is 0.0544. The smallest absolute Gasteiger partial charge is 0.243 e. The molecule has 0 amide bonds. The quantitative estimate of drug-likeness (QED) is 0.830. The third-order valence-electron chi connectivity index (χ3n) is 4.54. The second-order valence-corrected chi connectivity index (χ2v) is 7.87. The van der Waals surface area contributed by atoms with Crippen LogP contribution in [0.2, 0.25) is 0 Å². The van der Waals surface area contributed by atoms with E-state index in [4.69, 9.17) is 5.11 Å². The van der Waals surface area contributed by atoms with Gasteiger partial charge < -0.3 is 5.11 Å². The normalized spacial score (nSPS) is 21.5. The van der Waals surface area contributed by atoms with Gasteiger partial charge in [0.25, 0.3) is 0 Å². The van der Waals surface area contributed by atoms with Crippen molar-refractivity contribution in [2.45, 2.75) is 45.2 Å². The number of aliphatic hydroxyl groups is 1. The first-order valence-corrected chi connectivity index (χ1v) is 7.77. The maximum Gasteiger partial charge on any atom is 0.243 e. The van der Waals surface area contributed by atoms with Crippen molar-refractivity contribution in [1.29, 1.82) is 0 Å². The molecular weight excluding hydrogens is 266 g/mol. The lowest BCUT2D eigenvalue weighted by Gasteiger charge is -2.06. The summed E-state index contributed by atoms with van der Waals surface area (Å²) in [5.41, 5.74) is -0.109. The third kappa shape index (κ3) is 2.30. The molecule has 0 atom stereocenters. The van der Waals surface area contributed by atoms with Crippen molar-refractivity contribution in [3.05, 3.63) is 12.4 Å². The molecule has 1 aliphatic carbocycles. The fourth-order valence-corrected chi connectivity index (χ4v) is 3.90. The van der Waals surface area contributed by atoms with Crippen LogP contribution in [0.3, 0.4) is 0 Å². The molecule has 6 nitrogen and oxygen atoms in total. The number of hydrogen-bond donors (Lipinski definition) is 2. The number of nitrogens with zero attached hydrogens (tertiary/aromatic N) is 2. The molecular formula is C12H21N3O3S. The van der Waals surface area contributed by atoms with E-state index >= 15 is 0 Å². The molecule has 2 N–H and O–H groups in total. The maximum atomic E-state index is 12.2. The van der Waals surface area contributed by atoms with Crippen LogP contribution < -0.4 is 4.72 Å². The van der Waals surface area contributed by atoms with E-state index in [1.54, 1.807) is 0 Å². The predicted molar refractivity (Wildman–Crippen MR) is 71.0 cm³/mol. The fraction of sp³-hybridized carbons (Fsp3) is 0.750. The summed E-state index contributed by atoms with van der Waals surface area (Å²) >= 11 is 0. The maximum absolute atomic E-state index is 12.2. The van der Waals surface area contributed by atoms with Gasteiger partial charge in [-0.15, -0.1) is 0 Å². The molecule has 2 rings (SSSR count). The van der Waals surface area contributed by atoms with Gasteiger partial charge in [0.15, 0.2) is 0 Å². The van der Waals surface area contributed by atoms with Gasteiger partial charge >= 0.3 is 0 Å². The zero-order valence-electron chi connectivity index (χ0n) is 11.7. The largest absolute Gasteiger partial charge is 0.394 e. The van der Waals surface area contributed by atoms with Crippen LogP contribution in [0.5, 0.6) is 0 Å². The second-order valence-electron chi connectivity index (χ2n) is 6.16. The molecule has 1 saturated carbocycles. The van der Waals surface area contributed by atoms with Gasteiger partial charge in [-0.1, -0.05) is 27.7 Å². The van der Waals surface area contributed by atoms with Crippen LogP contribution in [0.15, 0.2) is 17.3 Å². The molecule has 1 aromatic heterocycles. The van der Waals surface area contributed by atoms with E-state index in [2.05, 4.69) is 37.5 Å². The van der Waals surface area contributed by atoms with Crippen LogP contribution >= 0.6 is 0 Å². The van der Waals surface area contributed by atoms with Crippen molar-refractivity contribution >= 4 is 10.0 Å². The van der Waals surface area contributed by atoms with Crippen molar-refractivity contribution in [1.82, 2.24) is 14.5 Å². The summed E-state index contributed by atoms with van der Waals surface area (Å²) in [5, 5.41) is 12.7. The zero-order chi connectivity index (χ0) is 14.5. The number of hydrogen-bond acceptors (Lipinski definition) is 4. The Morgan fingerprint density at radius 2 is 1.95 bits per heavy atom. The second kappa shape index (κ2) is 4.29. The molecule has 1 heterocycles. The van der Waals surface area contributed by atoms with Crippen molar-refractivity contribution in [2.75, 3.05) is 6.61 Å². The molecule has 0 unspecified atom stereocenters. The van der Waals surface area contributed by atoms with E-state index < -0.39 is 10.0 Å². The van der Waals surface area contributed by atoms with Crippen molar-refractivity contribution in [3.63, 3.8) is 0 Å². The molecule has 0 saturated heterocycles. The average molecular weight is 287 g/mol. The van der Waals surface area contributed by atoms with Gasteiger partial charge in [-0.25, -0.2) is 13.1 Å². The van der Waals surface area contributed by atoms with E-state index in [1.807, 2.05) is 0 Å². The standard InChI is InChI=1S/C12H21N3O3S/c1-11(2)10(12(11,3)4)14-19(17,18)9-7-13-15(8-9)5-6-16/h7-8,10,14,16H,5-6H2,1-4H3. The van der Waals surface area contributed by atoms with E-state index in [1.165, 1.54) is 17.1 Å². The molecule has 0 aliphatic heterocycles. The van der Waals surface area contributed by atoms with Crippen molar-refractivity contribution in [3.8, 4) is 0 Å². The third-order valence-corrected chi connectivity index (χ3v) is 5.92. The first kappa shape index (κ1) is 14.5. The lowest BCUT2D eigenvalue weighted by molar-refractivity contribution is 0.269. The number of aliphatic hydroxyl groups excluding tert-OH is 1. The van der Waals surface area contributed by atoms with Gasteiger partial charge in [0.2, 0.25) is 10.0 Å². The molecule has 0 bridgehead atoms. The van der Waals surface area contributed by atoms with Crippen LogP contribution in [-0.2, 0) is 16.6 Å². The highest BCUT2D eigenvalue weighted by Gasteiger charge is 2.66. The summed E-state index contributed by atoms with van der Waals surface area (Å²) in [7, 11) is -3.55. The average Bonchev–Trinajstić information content (AvgIpc) is 2.71. The Hall–Kier alpha value is -0.920. The topological polar surface area (TPSA) is 84.2 Å². The molecule has 108 valence electrons. The highest BCUT2D eigenvalue weighted by molar-refractivity contribution is 7.89. The van der Waals surface area contributed by atoms with Crippen molar-refractivity contribution in [2.24, 2.45) is 10.8 Å². The van der Waals surface area contributed by atoms with Gasteiger partial charge in [0.1, 0.15) is 4.90 Å². The first-order chi connectivity index (χ1) is 8.63. The Labute approximate surface area is 113 Å². The van der Waals surface area contributed by atoms with Crippen LogP contribution in [0.1, 0.15) is 27.7 Å². The lowest BCUT2D eigenvalue weighted by atomic mass is 10.0. The Bertz CT molecular complexity index is 561. The van der Waals surface area contributed by atoms with Gasteiger partial charge in [-0.2, -0.15) is 5.10 Å². The molecule has 1 aromatic rings. The molecule has 1 aliphatic rings. The number of nitrogens with one attached hydrogen (secondary N) is 1. The van der Waals surface area contributed by atoms with Crippen molar-refractivity contribution < 1.29 is 13.5 Å². The number of aromatic nitrogens is 2. The van der Waals surface area contributed by atoms with E-state index in [0.29, 0.717) is 0 Å². The summed E-state index contributed by atoms with van der Waals surface area (Å²) in [6.45, 7) is 8.42. The summed E-state index contributed by atoms with van der Waals surface area (Å²) < 4.78 is 28.7. The summed E-state index contributed by atoms with van der Waals surface area (Å²) in [6, 6.07) is -0.0776. The number of sulfonamides is 1. The highest BCUT2D eigenvalue weighted by atomic mass is 32.2. The Balaban J connectivity index is 2.15. The zero-order valence-corrected chi connectivity index (χ0v) is 12.5. The van der Waals surface area contributed by atoms with Crippen LogP contribution in [0, 0.1) is 10.8 Å². The van der Waals surface area contributed by atoms with Crippen LogP contribution in [-0.4, -0.2) is 36.0 Å². The first-order valence-electron chi connectivity index (χ1n) is 6.28. The monoisotopic (exact) mass is 287 g/mol. The predicted octanol–water partition coefficient (Wildman–Crippen LogP) is 0.588. The SMILES string of the molecule is CC1(C)C(NS(=O)(=O)c2cnn(CCO)c2)C1(C)C. The Morgan fingerprint density at radius 3 is 2.42 bits per heavy atom. The van der Waals surface area contributed by atoms with E-state index in [9.17, 15) is 8.42 Å². The van der Waals surface area contributed by atoms with Gasteiger partial charge in [0.05, 0.1) is 19.3 Å². The highest BCUT2D eigenvalue weighted by Crippen LogP contribution is 2.62. The Kier molecular flexibility index (Phi) is 3.27. The lowest BCUT2D eigenvalue weighted by Crippen LogP contribution is -2.29. The minimum atomic E-state index is -3.55. The fourth-order valence-electron chi connectivity index (χ4n) is 2.42. The van der Waals surface area contributed by atoms with E-state index in [0.717, 1.165) is 0 Å². The summed E-state index contributed by atoms with van der Waals surface area (Å²) in [5.74, 6) is 0. The number of rotatable bonds is 5. The molecule has 0 aromatic carbocycles. The molecule has 7 heteroatoms. The molecule has 1 fully saturated rings. The molecule has 19 heavy (non-hydrogen) atoms. The van der Waals surface area contributed by atoms with E-state index in [-0.39, 0.29) is 34.9 Å². The van der Waals surface area contributed by atoms with Gasteiger partial charge in [-0.05, 0) is 10.8 Å². The van der Waals surface area contributed by atoms with Gasteiger partial charge in [0, 0.05) is 12.2 Å². The van der Waals surface area contributed by atoms with Gasteiger partial charge in [-0.3, -0.25) is 4.68 Å². The van der Waals surface area contributed by atoms with Crippen LogP contribution in [0.4, 0.5) is 0 Å². The minimum Gasteiger partial charge on any atom is -0.394 e.